The van der Waals surface area contributed by atoms with Crippen LogP contribution in [-0.2, 0) is 16.1 Å². The van der Waals surface area contributed by atoms with Crippen LogP contribution in [0.25, 0.3) is 0 Å². The van der Waals surface area contributed by atoms with Gasteiger partial charge in [-0.15, -0.1) is 0 Å². The number of carbonyl (C=O) groups is 2. The fourth-order valence-electron chi connectivity index (χ4n) is 5.87. The topological polar surface area (TPSA) is 157 Å². The number of carbonyl (C=O) groups excluding carboxylic acids is 2. The summed E-state index contributed by atoms with van der Waals surface area (Å²) >= 11 is 12.7. The van der Waals surface area contributed by atoms with Gasteiger partial charge in [-0.05, 0) is 62.5 Å². The second-order valence-electron chi connectivity index (χ2n) is 11.2. The third-order valence-electron chi connectivity index (χ3n) is 8.18. The minimum absolute atomic E-state index is 0.00621. The standard InChI is InChI=1S/C29H41Cl2N7O5/c1-4-20-16-37(27-25(31)34-23(26(32)35-27)28(41)33-14-17(2)39)11-12-38(20)21-7-9-36(10-8-21)15-18-5-6-19(30)13-22(18)24(40)29(42)43-3/h5-6,13,17,20-21,24,39-40H,4,7-12,14-16H2,1-3H3,(H2,32,35)(H,33,41)/t17-,20+,24?/m1/s1. The van der Waals surface area contributed by atoms with Gasteiger partial charge >= 0.3 is 5.97 Å². The molecule has 2 saturated heterocycles. The van der Waals surface area contributed by atoms with Crippen molar-refractivity contribution in [2.45, 2.75) is 63.9 Å². The van der Waals surface area contributed by atoms with Gasteiger partial charge in [0.05, 0.1) is 13.2 Å². The first-order valence-corrected chi connectivity index (χ1v) is 15.3. The summed E-state index contributed by atoms with van der Waals surface area (Å²) in [5, 5.41) is 23.1. The monoisotopic (exact) mass is 637 g/mol. The van der Waals surface area contributed by atoms with Crippen LogP contribution in [0.1, 0.15) is 60.8 Å². The number of piperidine rings is 1. The number of halogens is 2. The van der Waals surface area contributed by atoms with Crippen molar-refractivity contribution in [2.75, 3.05) is 57.0 Å². The van der Waals surface area contributed by atoms with Crippen LogP contribution in [0.5, 0.6) is 0 Å². The Morgan fingerprint density at radius 2 is 1.88 bits per heavy atom. The van der Waals surface area contributed by atoms with Gasteiger partial charge in [0, 0.05) is 49.8 Å². The van der Waals surface area contributed by atoms with Crippen LogP contribution in [0.3, 0.4) is 0 Å². The average molecular weight is 639 g/mol. The highest BCUT2D eigenvalue weighted by Gasteiger charge is 2.35. The lowest BCUT2D eigenvalue weighted by Gasteiger charge is -2.47. The summed E-state index contributed by atoms with van der Waals surface area (Å²) in [6, 6.07) is 5.95. The summed E-state index contributed by atoms with van der Waals surface area (Å²) in [6.07, 6.45) is 0.836. The molecular weight excluding hydrogens is 597 g/mol. The van der Waals surface area contributed by atoms with Crippen molar-refractivity contribution in [3.05, 3.63) is 45.2 Å². The van der Waals surface area contributed by atoms with Crippen molar-refractivity contribution in [2.24, 2.45) is 0 Å². The third-order valence-corrected chi connectivity index (χ3v) is 8.67. The summed E-state index contributed by atoms with van der Waals surface area (Å²) in [4.78, 5) is 40.1. The number of nitrogen functional groups attached to an aromatic ring is 1. The molecule has 236 valence electrons. The number of hydrogen-bond donors (Lipinski definition) is 4. The molecule has 4 rings (SSSR count). The number of hydrogen-bond acceptors (Lipinski definition) is 11. The van der Waals surface area contributed by atoms with Crippen LogP contribution in [0.4, 0.5) is 11.6 Å². The van der Waals surface area contributed by atoms with E-state index >= 15 is 0 Å². The minimum atomic E-state index is -1.38. The molecule has 0 saturated carbocycles. The van der Waals surface area contributed by atoms with Crippen molar-refractivity contribution in [3.63, 3.8) is 0 Å². The maximum Gasteiger partial charge on any atom is 0.339 e. The molecule has 12 nitrogen and oxygen atoms in total. The Bertz CT molecular complexity index is 1290. The van der Waals surface area contributed by atoms with Gasteiger partial charge in [-0.25, -0.2) is 14.8 Å². The van der Waals surface area contributed by atoms with Gasteiger partial charge in [0.15, 0.2) is 28.6 Å². The Balaban J connectivity index is 1.37. The molecule has 2 aliphatic heterocycles. The van der Waals surface area contributed by atoms with Gasteiger partial charge in [0.25, 0.3) is 5.91 Å². The van der Waals surface area contributed by atoms with E-state index in [-0.39, 0.29) is 29.3 Å². The van der Waals surface area contributed by atoms with Crippen molar-refractivity contribution < 1.29 is 24.5 Å². The van der Waals surface area contributed by atoms with E-state index in [0.29, 0.717) is 42.1 Å². The van der Waals surface area contributed by atoms with Gasteiger partial charge in [0.1, 0.15) is 0 Å². The number of rotatable bonds is 10. The lowest BCUT2D eigenvalue weighted by Crippen LogP contribution is -2.58. The second-order valence-corrected chi connectivity index (χ2v) is 11.9. The maximum absolute atomic E-state index is 12.4. The molecule has 43 heavy (non-hydrogen) atoms. The largest absolute Gasteiger partial charge is 0.467 e. The van der Waals surface area contributed by atoms with E-state index in [1.54, 1.807) is 19.1 Å². The predicted molar refractivity (Wildman–Crippen MR) is 165 cm³/mol. The highest BCUT2D eigenvalue weighted by Crippen LogP contribution is 2.31. The molecule has 1 aromatic carbocycles. The molecule has 0 spiro atoms. The maximum atomic E-state index is 12.4. The molecule has 2 aliphatic rings. The molecule has 5 N–H and O–H groups in total. The van der Waals surface area contributed by atoms with Crippen LogP contribution in [-0.4, -0.2) is 106 Å². The second kappa shape index (κ2) is 14.8. The number of anilines is 2. The predicted octanol–water partition coefficient (Wildman–Crippen LogP) is 2.25. The van der Waals surface area contributed by atoms with E-state index in [1.165, 1.54) is 7.11 Å². The number of benzene rings is 1. The first-order chi connectivity index (χ1) is 20.5. The van der Waals surface area contributed by atoms with Gasteiger partial charge in [-0.1, -0.05) is 36.2 Å². The van der Waals surface area contributed by atoms with E-state index in [1.807, 2.05) is 6.07 Å². The van der Waals surface area contributed by atoms with Gasteiger partial charge in [-0.2, -0.15) is 0 Å². The van der Waals surface area contributed by atoms with Crippen molar-refractivity contribution in [3.8, 4) is 0 Å². The van der Waals surface area contributed by atoms with Crippen molar-refractivity contribution >= 4 is 46.7 Å². The molecule has 0 aliphatic carbocycles. The van der Waals surface area contributed by atoms with E-state index < -0.39 is 24.1 Å². The number of nitrogens with one attached hydrogen (secondary N) is 1. The molecule has 1 aromatic heterocycles. The number of ether oxygens (including phenoxy) is 1. The molecule has 3 atom stereocenters. The Labute approximate surface area is 262 Å². The fraction of sp³-hybridized carbons (Fsp3) is 0.586. The normalized spacial score (nSPS) is 20.1. The van der Waals surface area contributed by atoms with E-state index in [2.05, 4.69) is 36.9 Å². The molecule has 0 radical (unpaired) electrons. The lowest BCUT2D eigenvalue weighted by molar-refractivity contribution is -0.150. The number of methoxy groups -OCH3 is 1. The Morgan fingerprint density at radius 3 is 2.53 bits per heavy atom. The van der Waals surface area contributed by atoms with Crippen LogP contribution in [0.15, 0.2) is 18.2 Å². The highest BCUT2D eigenvalue weighted by molar-refractivity contribution is 6.32. The number of piperazine rings is 1. The molecule has 0 bridgehead atoms. The van der Waals surface area contributed by atoms with E-state index in [4.69, 9.17) is 33.7 Å². The van der Waals surface area contributed by atoms with E-state index in [9.17, 15) is 19.8 Å². The smallest absolute Gasteiger partial charge is 0.339 e. The summed E-state index contributed by atoms with van der Waals surface area (Å²) < 4.78 is 4.73. The molecule has 1 amide bonds. The molecule has 1 unspecified atom stereocenters. The first-order valence-electron chi connectivity index (χ1n) is 14.6. The van der Waals surface area contributed by atoms with E-state index in [0.717, 1.165) is 44.5 Å². The van der Waals surface area contributed by atoms with Crippen LogP contribution < -0.4 is 16.0 Å². The van der Waals surface area contributed by atoms with Crippen LogP contribution >= 0.6 is 23.2 Å². The van der Waals surface area contributed by atoms with Crippen molar-refractivity contribution in [1.82, 2.24) is 25.1 Å². The SMILES string of the molecule is CC[C@H]1CN(c2nc(N)c(C(=O)NC[C@@H](C)O)nc2Cl)CCN1C1CCN(Cc2ccc(Cl)cc2C(O)C(=O)OC)CC1. The number of aromatic nitrogens is 2. The minimum Gasteiger partial charge on any atom is -0.467 e. The summed E-state index contributed by atoms with van der Waals surface area (Å²) in [7, 11) is 1.25. The zero-order valence-corrected chi connectivity index (χ0v) is 26.3. The van der Waals surface area contributed by atoms with Crippen LogP contribution in [0, 0.1) is 0 Å². The number of amides is 1. The zero-order valence-electron chi connectivity index (χ0n) is 24.8. The number of esters is 1. The number of aliphatic hydroxyl groups excluding tert-OH is 2. The van der Waals surface area contributed by atoms with Gasteiger partial charge in [-0.3, -0.25) is 14.6 Å². The molecular formula is C29H41Cl2N7O5. The number of nitrogens with zero attached hydrogens (tertiary/aromatic N) is 5. The summed E-state index contributed by atoms with van der Waals surface area (Å²) in [5.74, 6) is -0.787. The Morgan fingerprint density at radius 1 is 1.16 bits per heavy atom. The Kier molecular flexibility index (Phi) is 11.4. The van der Waals surface area contributed by atoms with Crippen molar-refractivity contribution in [1.29, 1.82) is 0 Å². The third kappa shape index (κ3) is 8.05. The molecule has 2 aromatic rings. The van der Waals surface area contributed by atoms with Crippen LogP contribution in [0.2, 0.25) is 10.2 Å². The fourth-order valence-corrected chi connectivity index (χ4v) is 6.30. The highest BCUT2D eigenvalue weighted by atomic mass is 35.5. The quantitative estimate of drug-likeness (QED) is 0.283. The lowest BCUT2D eigenvalue weighted by atomic mass is 9.96. The first kappa shape index (κ1) is 33.2. The molecule has 14 heteroatoms. The zero-order chi connectivity index (χ0) is 31.3. The number of aliphatic hydroxyl groups is 2. The summed E-state index contributed by atoms with van der Waals surface area (Å²) in [6.45, 7) is 8.38. The number of nitrogens with two attached hydrogens (primary N) is 1. The van der Waals surface area contributed by atoms with Gasteiger partial charge < -0.3 is 30.9 Å². The molecule has 3 heterocycles. The average Bonchev–Trinajstić information content (AvgIpc) is 3.00. The Hall–Kier alpha value is -2.74. The number of likely N-dealkylation sites (tertiary alicyclic amines) is 1. The van der Waals surface area contributed by atoms with Gasteiger partial charge in [0.2, 0.25) is 0 Å². The summed E-state index contributed by atoms with van der Waals surface area (Å²) in [5.41, 5.74) is 7.36. The molecule has 2 fully saturated rings.